The lowest BCUT2D eigenvalue weighted by Gasteiger charge is -2.27. The van der Waals surface area contributed by atoms with Gasteiger partial charge in [-0.15, -0.1) is 0 Å². The maximum atomic E-state index is 12.0. The van der Waals surface area contributed by atoms with Crippen LogP contribution in [-0.2, 0) is 14.8 Å². The first-order valence-electron chi connectivity index (χ1n) is 7.95. The Labute approximate surface area is 127 Å². The first-order valence-corrected chi connectivity index (χ1v) is 9.60. The summed E-state index contributed by atoms with van der Waals surface area (Å²) in [7, 11) is -3.27. The molecule has 2 fully saturated rings. The lowest BCUT2D eigenvalue weighted by atomic mass is 9.86. The van der Waals surface area contributed by atoms with Gasteiger partial charge in [-0.3, -0.25) is 4.79 Å². The Morgan fingerprint density at radius 2 is 2.05 bits per heavy atom. The number of sulfonamides is 1. The molecule has 0 spiro atoms. The molecule has 1 saturated carbocycles. The van der Waals surface area contributed by atoms with Gasteiger partial charge in [0, 0.05) is 25.0 Å². The minimum absolute atomic E-state index is 0.00638. The molecule has 0 radical (unpaired) electrons. The third-order valence-electron chi connectivity index (χ3n) is 4.48. The smallest absolute Gasteiger partial charge is 0.223 e. The fourth-order valence-electron chi connectivity index (χ4n) is 2.84. The number of rotatable bonds is 7. The van der Waals surface area contributed by atoms with E-state index in [-0.39, 0.29) is 24.1 Å². The number of carbonyl (C=O) groups is 1. The van der Waals surface area contributed by atoms with Crippen molar-refractivity contribution in [2.75, 3.05) is 25.4 Å². The molecule has 0 aromatic carbocycles. The summed E-state index contributed by atoms with van der Waals surface area (Å²) in [6.07, 6.45) is 5.08. The normalized spacial score (nSPS) is 27.1. The average Bonchev–Trinajstić information content (AvgIpc) is 2.36. The van der Waals surface area contributed by atoms with Crippen molar-refractivity contribution in [3.05, 3.63) is 0 Å². The molecule has 1 aliphatic heterocycles. The second kappa shape index (κ2) is 7.56. The van der Waals surface area contributed by atoms with Gasteiger partial charge in [-0.2, -0.15) is 0 Å². The van der Waals surface area contributed by atoms with Gasteiger partial charge >= 0.3 is 0 Å². The Morgan fingerprint density at radius 3 is 2.67 bits per heavy atom. The van der Waals surface area contributed by atoms with Crippen molar-refractivity contribution < 1.29 is 13.2 Å². The number of carbonyl (C=O) groups excluding carboxylic acids is 1. The standard InChI is InChI=1S/C14H27N3O3S/c1-11-9-13(5-6-15-11)14(18)16-7-8-21(19,20)17-10-12-3-2-4-12/h11-13,15,17H,2-10H2,1H3,(H,16,18)/t11-,13-/m0/s1. The van der Waals surface area contributed by atoms with Crippen LogP contribution >= 0.6 is 0 Å². The lowest BCUT2D eigenvalue weighted by molar-refractivity contribution is -0.125. The Bertz CT molecular complexity index is 448. The van der Waals surface area contributed by atoms with E-state index in [1.807, 2.05) is 0 Å². The molecular formula is C14H27N3O3S. The molecule has 122 valence electrons. The monoisotopic (exact) mass is 317 g/mol. The topological polar surface area (TPSA) is 87.3 Å². The summed E-state index contributed by atoms with van der Waals surface area (Å²) in [5.74, 6) is 0.460. The highest BCUT2D eigenvalue weighted by atomic mass is 32.2. The Hall–Kier alpha value is -0.660. The second-order valence-electron chi connectivity index (χ2n) is 6.33. The number of piperidine rings is 1. The van der Waals surface area contributed by atoms with Crippen molar-refractivity contribution in [2.24, 2.45) is 11.8 Å². The van der Waals surface area contributed by atoms with Gasteiger partial charge in [0.25, 0.3) is 0 Å². The van der Waals surface area contributed by atoms with Crippen LogP contribution in [0, 0.1) is 11.8 Å². The summed E-state index contributed by atoms with van der Waals surface area (Å²) in [6.45, 7) is 3.65. The van der Waals surface area contributed by atoms with E-state index in [0.717, 1.165) is 32.2 Å². The van der Waals surface area contributed by atoms with Crippen LogP contribution in [0.25, 0.3) is 0 Å². The van der Waals surface area contributed by atoms with E-state index < -0.39 is 10.0 Å². The summed E-state index contributed by atoms with van der Waals surface area (Å²) < 4.78 is 26.3. The van der Waals surface area contributed by atoms with Crippen LogP contribution < -0.4 is 15.4 Å². The molecule has 21 heavy (non-hydrogen) atoms. The molecule has 6 nitrogen and oxygen atoms in total. The minimum Gasteiger partial charge on any atom is -0.355 e. The molecule has 0 aromatic heterocycles. The van der Waals surface area contributed by atoms with Crippen LogP contribution in [0.2, 0.25) is 0 Å². The van der Waals surface area contributed by atoms with Crippen molar-refractivity contribution >= 4 is 15.9 Å². The molecule has 2 atom stereocenters. The van der Waals surface area contributed by atoms with E-state index in [1.54, 1.807) is 0 Å². The molecule has 0 aromatic rings. The van der Waals surface area contributed by atoms with Crippen molar-refractivity contribution in [3.63, 3.8) is 0 Å². The number of hydrogen-bond acceptors (Lipinski definition) is 4. The quantitative estimate of drug-likeness (QED) is 0.626. The van der Waals surface area contributed by atoms with Crippen molar-refractivity contribution in [1.82, 2.24) is 15.4 Å². The van der Waals surface area contributed by atoms with Crippen LogP contribution in [-0.4, -0.2) is 45.8 Å². The van der Waals surface area contributed by atoms with E-state index in [2.05, 4.69) is 22.3 Å². The maximum Gasteiger partial charge on any atom is 0.223 e. The summed E-state index contributed by atoms with van der Waals surface area (Å²) in [5.41, 5.74) is 0. The molecule has 0 unspecified atom stereocenters. The van der Waals surface area contributed by atoms with Crippen LogP contribution in [0.3, 0.4) is 0 Å². The van der Waals surface area contributed by atoms with Gasteiger partial charge in [0.1, 0.15) is 0 Å². The zero-order chi connectivity index (χ0) is 15.3. The first-order chi connectivity index (χ1) is 9.96. The number of amides is 1. The third kappa shape index (κ3) is 5.56. The van der Waals surface area contributed by atoms with E-state index in [0.29, 0.717) is 18.5 Å². The lowest BCUT2D eigenvalue weighted by Crippen LogP contribution is -2.44. The van der Waals surface area contributed by atoms with Gasteiger partial charge < -0.3 is 10.6 Å². The largest absolute Gasteiger partial charge is 0.355 e. The Kier molecular flexibility index (Phi) is 6.01. The second-order valence-corrected chi connectivity index (χ2v) is 8.26. The van der Waals surface area contributed by atoms with E-state index in [4.69, 9.17) is 0 Å². The minimum atomic E-state index is -3.27. The van der Waals surface area contributed by atoms with E-state index >= 15 is 0 Å². The Morgan fingerprint density at radius 1 is 1.29 bits per heavy atom. The highest BCUT2D eigenvalue weighted by molar-refractivity contribution is 7.89. The van der Waals surface area contributed by atoms with Gasteiger partial charge in [-0.05, 0) is 45.1 Å². The summed E-state index contributed by atoms with van der Waals surface area (Å²) in [5, 5.41) is 6.06. The molecule has 0 bridgehead atoms. The van der Waals surface area contributed by atoms with Gasteiger partial charge in [0.2, 0.25) is 15.9 Å². The van der Waals surface area contributed by atoms with Crippen LogP contribution in [0.5, 0.6) is 0 Å². The number of nitrogens with one attached hydrogen (secondary N) is 3. The molecule has 7 heteroatoms. The zero-order valence-corrected chi connectivity index (χ0v) is 13.5. The van der Waals surface area contributed by atoms with Gasteiger partial charge in [-0.25, -0.2) is 13.1 Å². The molecule has 2 rings (SSSR count). The molecule has 2 aliphatic rings. The van der Waals surface area contributed by atoms with Gasteiger partial charge in [0.05, 0.1) is 5.75 Å². The predicted octanol–water partition coefficient (Wildman–Crippen LogP) is 0.210. The molecule has 3 N–H and O–H groups in total. The number of hydrogen-bond donors (Lipinski definition) is 3. The van der Waals surface area contributed by atoms with E-state index in [9.17, 15) is 13.2 Å². The highest BCUT2D eigenvalue weighted by Crippen LogP contribution is 2.25. The first kappa shape index (κ1) is 16.7. The SMILES string of the molecule is C[C@H]1C[C@@H](C(=O)NCCS(=O)(=O)NCC2CCC2)CCN1. The van der Waals surface area contributed by atoms with Crippen molar-refractivity contribution in [2.45, 2.75) is 45.1 Å². The average molecular weight is 317 g/mol. The summed E-state index contributed by atoms with van der Waals surface area (Å²) in [4.78, 5) is 12.0. The highest BCUT2D eigenvalue weighted by Gasteiger charge is 2.25. The molecule has 1 saturated heterocycles. The molecule has 1 aliphatic carbocycles. The van der Waals surface area contributed by atoms with Crippen molar-refractivity contribution in [1.29, 1.82) is 0 Å². The fourth-order valence-corrected chi connectivity index (χ4v) is 3.84. The predicted molar refractivity (Wildman–Crippen MR) is 82.3 cm³/mol. The molecule has 1 heterocycles. The zero-order valence-electron chi connectivity index (χ0n) is 12.7. The van der Waals surface area contributed by atoms with Crippen LogP contribution in [0.1, 0.15) is 39.0 Å². The fraction of sp³-hybridized carbons (Fsp3) is 0.929. The molecular weight excluding hydrogens is 290 g/mol. The van der Waals surface area contributed by atoms with Gasteiger partial charge in [0.15, 0.2) is 0 Å². The summed E-state index contributed by atoms with van der Waals surface area (Å²) in [6, 6.07) is 0.349. The summed E-state index contributed by atoms with van der Waals surface area (Å²) >= 11 is 0. The van der Waals surface area contributed by atoms with E-state index in [1.165, 1.54) is 6.42 Å². The third-order valence-corrected chi connectivity index (χ3v) is 5.83. The molecule has 1 amide bonds. The van der Waals surface area contributed by atoms with Crippen LogP contribution in [0.15, 0.2) is 0 Å². The Balaban J connectivity index is 1.64. The van der Waals surface area contributed by atoms with Crippen LogP contribution in [0.4, 0.5) is 0 Å². The van der Waals surface area contributed by atoms with Crippen molar-refractivity contribution in [3.8, 4) is 0 Å². The maximum absolute atomic E-state index is 12.0. The van der Waals surface area contributed by atoms with Gasteiger partial charge in [-0.1, -0.05) is 6.42 Å².